The molecule has 2 aromatic carbocycles. The van der Waals surface area contributed by atoms with Crippen molar-refractivity contribution in [2.45, 2.75) is 12.6 Å². The first kappa shape index (κ1) is 21.4. The van der Waals surface area contributed by atoms with Crippen LogP contribution in [0.3, 0.4) is 0 Å². The lowest BCUT2D eigenvalue weighted by Crippen LogP contribution is -2.40. The van der Waals surface area contributed by atoms with Crippen molar-refractivity contribution in [3.05, 3.63) is 53.6 Å². The van der Waals surface area contributed by atoms with Crippen molar-refractivity contribution in [1.29, 1.82) is 0 Å². The maximum Gasteiger partial charge on any atom is 0.315 e. The van der Waals surface area contributed by atoms with Crippen LogP contribution in [0.5, 0.6) is 17.2 Å². The lowest BCUT2D eigenvalue weighted by molar-refractivity contribution is 0.232. The minimum Gasteiger partial charge on any atom is -0.493 e. The third-order valence-electron chi connectivity index (χ3n) is 4.45. The molecule has 0 heterocycles. The minimum atomic E-state index is -0.219. The van der Waals surface area contributed by atoms with E-state index in [-0.39, 0.29) is 12.1 Å². The van der Waals surface area contributed by atoms with Gasteiger partial charge in [-0.15, -0.1) is 0 Å². The van der Waals surface area contributed by atoms with Gasteiger partial charge in [-0.3, -0.25) is 0 Å². The van der Waals surface area contributed by atoms with Gasteiger partial charge in [-0.05, 0) is 37.4 Å². The van der Waals surface area contributed by atoms with Crippen LogP contribution in [0.2, 0.25) is 0 Å². The number of carbonyl (C=O) groups excluding carboxylic acids is 1. The second-order valence-electron chi connectivity index (χ2n) is 6.49. The summed E-state index contributed by atoms with van der Waals surface area (Å²) < 4.78 is 16.3. The number of rotatable bonds is 9. The average Bonchev–Trinajstić information content (AvgIpc) is 2.71. The standard InChI is InChI=1S/C21H29N3O4/c1-24(2)17(14-23-21(25)22-13-15-9-7-6-8-10-15)16-11-18(26-3)20(28-5)19(12-16)27-4/h6-12,17H,13-14H2,1-5H3,(H2,22,23,25). The summed E-state index contributed by atoms with van der Waals surface area (Å²) in [7, 11) is 8.65. The number of amides is 2. The summed E-state index contributed by atoms with van der Waals surface area (Å²) in [5.74, 6) is 1.70. The lowest BCUT2D eigenvalue weighted by atomic mass is 10.0. The Kier molecular flexibility index (Phi) is 7.95. The van der Waals surface area contributed by atoms with Gasteiger partial charge in [0.25, 0.3) is 0 Å². The molecule has 0 aliphatic heterocycles. The summed E-state index contributed by atoms with van der Waals surface area (Å²) in [6.07, 6.45) is 0. The summed E-state index contributed by atoms with van der Waals surface area (Å²) >= 11 is 0. The number of hydrogen-bond donors (Lipinski definition) is 2. The maximum absolute atomic E-state index is 12.2. The summed E-state index contributed by atoms with van der Waals surface area (Å²) in [5.41, 5.74) is 1.99. The first-order chi connectivity index (χ1) is 13.5. The van der Waals surface area contributed by atoms with E-state index in [2.05, 4.69) is 10.6 Å². The number of likely N-dealkylation sites (N-methyl/N-ethyl adjacent to an activating group) is 1. The molecule has 2 N–H and O–H groups in total. The zero-order valence-electron chi connectivity index (χ0n) is 17.1. The van der Waals surface area contributed by atoms with E-state index in [4.69, 9.17) is 14.2 Å². The quantitative estimate of drug-likeness (QED) is 0.692. The third kappa shape index (κ3) is 5.53. The monoisotopic (exact) mass is 387 g/mol. The molecular formula is C21H29N3O4. The molecule has 152 valence electrons. The number of nitrogens with one attached hydrogen (secondary N) is 2. The van der Waals surface area contributed by atoms with Crippen molar-refractivity contribution in [1.82, 2.24) is 15.5 Å². The molecule has 1 unspecified atom stereocenters. The Morgan fingerprint density at radius 2 is 1.57 bits per heavy atom. The van der Waals surface area contributed by atoms with Gasteiger partial charge in [0.15, 0.2) is 11.5 Å². The molecule has 0 radical (unpaired) electrons. The van der Waals surface area contributed by atoms with Crippen LogP contribution in [0.1, 0.15) is 17.2 Å². The van der Waals surface area contributed by atoms with E-state index in [0.717, 1.165) is 11.1 Å². The van der Waals surface area contributed by atoms with Crippen molar-refractivity contribution in [2.24, 2.45) is 0 Å². The largest absolute Gasteiger partial charge is 0.493 e. The van der Waals surface area contributed by atoms with Crippen LogP contribution >= 0.6 is 0 Å². The van der Waals surface area contributed by atoms with Crippen LogP contribution in [0, 0.1) is 0 Å². The van der Waals surface area contributed by atoms with E-state index in [9.17, 15) is 4.79 Å². The molecule has 0 aromatic heterocycles. The zero-order valence-corrected chi connectivity index (χ0v) is 17.1. The van der Waals surface area contributed by atoms with Crippen LogP contribution < -0.4 is 24.8 Å². The normalized spacial score (nSPS) is 11.6. The first-order valence-electron chi connectivity index (χ1n) is 9.02. The highest BCUT2D eigenvalue weighted by Crippen LogP contribution is 2.40. The Labute approximate surface area is 166 Å². The highest BCUT2D eigenvalue weighted by Gasteiger charge is 2.21. The maximum atomic E-state index is 12.2. The molecule has 0 saturated carbocycles. The van der Waals surface area contributed by atoms with Gasteiger partial charge < -0.3 is 29.7 Å². The number of hydrogen-bond acceptors (Lipinski definition) is 5. The highest BCUT2D eigenvalue weighted by molar-refractivity contribution is 5.73. The molecule has 28 heavy (non-hydrogen) atoms. The van der Waals surface area contributed by atoms with Gasteiger partial charge in [0.05, 0.1) is 27.4 Å². The van der Waals surface area contributed by atoms with Gasteiger partial charge >= 0.3 is 6.03 Å². The summed E-state index contributed by atoms with van der Waals surface area (Å²) in [6.45, 7) is 0.899. The zero-order chi connectivity index (χ0) is 20.5. The first-order valence-corrected chi connectivity index (χ1v) is 9.02. The predicted molar refractivity (Wildman–Crippen MR) is 109 cm³/mol. The van der Waals surface area contributed by atoms with Crippen LogP contribution in [0.4, 0.5) is 4.79 Å². The Morgan fingerprint density at radius 3 is 2.07 bits per heavy atom. The minimum absolute atomic E-state index is 0.0730. The lowest BCUT2D eigenvalue weighted by Gasteiger charge is -2.26. The van der Waals surface area contributed by atoms with Crippen molar-refractivity contribution >= 4 is 6.03 Å². The van der Waals surface area contributed by atoms with Crippen molar-refractivity contribution in [3.8, 4) is 17.2 Å². The fourth-order valence-corrected chi connectivity index (χ4v) is 2.92. The molecule has 0 saturated heterocycles. The second-order valence-corrected chi connectivity index (χ2v) is 6.49. The molecule has 0 aliphatic rings. The molecule has 0 fully saturated rings. The number of urea groups is 1. The number of carbonyl (C=O) groups is 1. The smallest absolute Gasteiger partial charge is 0.315 e. The van der Waals surface area contributed by atoms with Gasteiger partial charge in [0.2, 0.25) is 5.75 Å². The third-order valence-corrected chi connectivity index (χ3v) is 4.45. The van der Waals surface area contributed by atoms with Crippen molar-refractivity contribution in [2.75, 3.05) is 42.0 Å². The summed E-state index contributed by atoms with van der Waals surface area (Å²) in [6, 6.07) is 13.3. The van der Waals surface area contributed by atoms with Crippen molar-refractivity contribution in [3.63, 3.8) is 0 Å². The highest BCUT2D eigenvalue weighted by atomic mass is 16.5. The molecule has 0 bridgehead atoms. The average molecular weight is 387 g/mol. The van der Waals surface area contributed by atoms with E-state index >= 15 is 0 Å². The molecule has 2 rings (SSSR count). The Hall–Kier alpha value is -2.93. The van der Waals surface area contributed by atoms with Gasteiger partial charge in [0, 0.05) is 13.1 Å². The van der Waals surface area contributed by atoms with E-state index in [0.29, 0.717) is 30.3 Å². The fraction of sp³-hybridized carbons (Fsp3) is 0.381. The number of ether oxygens (including phenoxy) is 3. The summed E-state index contributed by atoms with van der Waals surface area (Å²) in [5, 5.41) is 5.80. The van der Waals surface area contributed by atoms with Gasteiger partial charge in [0.1, 0.15) is 0 Å². The fourth-order valence-electron chi connectivity index (χ4n) is 2.92. The van der Waals surface area contributed by atoms with Gasteiger partial charge in [-0.25, -0.2) is 4.79 Å². The van der Waals surface area contributed by atoms with Crippen LogP contribution in [0.15, 0.2) is 42.5 Å². The Balaban J connectivity index is 2.07. The van der Waals surface area contributed by atoms with Gasteiger partial charge in [-0.1, -0.05) is 30.3 Å². The number of benzene rings is 2. The molecular weight excluding hydrogens is 358 g/mol. The molecule has 0 spiro atoms. The second kappa shape index (κ2) is 10.4. The number of nitrogens with zero attached hydrogens (tertiary/aromatic N) is 1. The molecule has 2 amide bonds. The van der Waals surface area contributed by atoms with Crippen molar-refractivity contribution < 1.29 is 19.0 Å². The Bertz CT molecular complexity index is 740. The van der Waals surface area contributed by atoms with Crippen LogP contribution in [-0.4, -0.2) is 52.9 Å². The SMILES string of the molecule is COc1cc(C(CNC(=O)NCc2ccccc2)N(C)C)cc(OC)c1OC. The van der Waals surface area contributed by atoms with E-state index in [1.807, 2.05) is 61.5 Å². The Morgan fingerprint density at radius 1 is 0.964 bits per heavy atom. The molecule has 7 heteroatoms. The topological polar surface area (TPSA) is 72.1 Å². The molecule has 7 nitrogen and oxygen atoms in total. The van der Waals surface area contributed by atoms with E-state index < -0.39 is 0 Å². The predicted octanol–water partition coefficient (Wildman–Crippen LogP) is 2.81. The number of methoxy groups -OCH3 is 3. The summed E-state index contributed by atoms with van der Waals surface area (Å²) in [4.78, 5) is 14.2. The van der Waals surface area contributed by atoms with E-state index in [1.54, 1.807) is 21.3 Å². The van der Waals surface area contributed by atoms with E-state index in [1.165, 1.54) is 0 Å². The van der Waals surface area contributed by atoms with Gasteiger partial charge in [-0.2, -0.15) is 0 Å². The molecule has 0 aliphatic carbocycles. The molecule has 1 atom stereocenters. The molecule has 2 aromatic rings. The van der Waals surface area contributed by atoms with Crippen LogP contribution in [0.25, 0.3) is 0 Å². The van der Waals surface area contributed by atoms with Crippen LogP contribution in [-0.2, 0) is 6.54 Å².